The number of aromatic nitrogens is 1. The number of para-hydroxylation sites is 1. The molecule has 1 N–H and O–H groups in total. The van der Waals surface area contributed by atoms with E-state index in [0.717, 1.165) is 10.5 Å². The van der Waals surface area contributed by atoms with Crippen LogP contribution in [0.1, 0.15) is 5.56 Å². The zero-order valence-electron chi connectivity index (χ0n) is 16.0. The number of pyridine rings is 1. The van der Waals surface area contributed by atoms with Crippen LogP contribution in [0.4, 0.5) is 11.4 Å². The molecule has 11 heteroatoms. The third-order valence-electron chi connectivity index (χ3n) is 4.08. The standard InChI is InChI=1S/C20H17N5O5S/c26-20(23-22-13-16-7-4-5-11-19(16)25(27)28)15-24(17-8-6-12-21-14-17)31(29,30)18-9-2-1-3-10-18/h1-14H,15H2,(H,23,26)/b22-13-. The molecule has 0 fully saturated rings. The van der Waals surface area contributed by atoms with Crippen LogP contribution in [0.15, 0.2) is 89.1 Å². The fourth-order valence-electron chi connectivity index (χ4n) is 2.64. The van der Waals surface area contributed by atoms with Crippen LogP contribution in [0, 0.1) is 10.1 Å². The zero-order chi connectivity index (χ0) is 22.3. The average Bonchev–Trinajstić information content (AvgIpc) is 2.79. The summed E-state index contributed by atoms with van der Waals surface area (Å²) in [5.41, 5.74) is 2.41. The molecule has 0 spiro atoms. The number of nitro groups is 1. The van der Waals surface area contributed by atoms with E-state index in [0.29, 0.717) is 0 Å². The molecule has 1 amide bonds. The first-order valence-corrected chi connectivity index (χ1v) is 10.4. The van der Waals surface area contributed by atoms with Crippen molar-refractivity contribution >= 4 is 33.5 Å². The number of carbonyl (C=O) groups is 1. The predicted molar refractivity (Wildman–Crippen MR) is 114 cm³/mol. The molecule has 2 aromatic carbocycles. The van der Waals surface area contributed by atoms with Gasteiger partial charge in [0.25, 0.3) is 21.6 Å². The predicted octanol–water partition coefficient (Wildman–Crippen LogP) is 2.34. The van der Waals surface area contributed by atoms with Crippen molar-refractivity contribution in [2.24, 2.45) is 5.10 Å². The highest BCUT2D eigenvalue weighted by Gasteiger charge is 2.27. The van der Waals surface area contributed by atoms with Crippen molar-refractivity contribution in [3.05, 3.63) is 94.8 Å². The zero-order valence-corrected chi connectivity index (χ0v) is 16.8. The number of sulfonamides is 1. The first-order valence-electron chi connectivity index (χ1n) is 8.93. The molecule has 158 valence electrons. The van der Waals surface area contributed by atoms with Crippen molar-refractivity contribution < 1.29 is 18.1 Å². The smallest absolute Gasteiger partial charge is 0.271 e. The summed E-state index contributed by atoms with van der Waals surface area (Å²) in [5.74, 6) is -0.738. The van der Waals surface area contributed by atoms with E-state index in [1.54, 1.807) is 30.3 Å². The van der Waals surface area contributed by atoms with Gasteiger partial charge in [-0.15, -0.1) is 0 Å². The van der Waals surface area contributed by atoms with Gasteiger partial charge >= 0.3 is 0 Å². The van der Waals surface area contributed by atoms with Gasteiger partial charge in [0.1, 0.15) is 6.54 Å². The van der Waals surface area contributed by atoms with Crippen LogP contribution in [0.5, 0.6) is 0 Å². The second-order valence-electron chi connectivity index (χ2n) is 6.15. The lowest BCUT2D eigenvalue weighted by molar-refractivity contribution is -0.385. The molecule has 0 unspecified atom stereocenters. The minimum Gasteiger partial charge on any atom is -0.271 e. The Bertz CT molecular complexity index is 1200. The molecule has 0 saturated heterocycles. The molecule has 3 aromatic rings. The van der Waals surface area contributed by atoms with Crippen LogP contribution in [0.25, 0.3) is 0 Å². The molecular formula is C20H17N5O5S. The van der Waals surface area contributed by atoms with Crippen molar-refractivity contribution in [1.29, 1.82) is 0 Å². The van der Waals surface area contributed by atoms with Crippen molar-refractivity contribution in [1.82, 2.24) is 10.4 Å². The number of hydrogen-bond donors (Lipinski definition) is 1. The molecule has 3 rings (SSSR count). The molecule has 0 aliphatic heterocycles. The second-order valence-corrected chi connectivity index (χ2v) is 8.01. The number of benzene rings is 2. The first kappa shape index (κ1) is 21.6. The molecule has 1 heterocycles. The molecular weight excluding hydrogens is 422 g/mol. The maximum atomic E-state index is 13.1. The van der Waals surface area contributed by atoms with Crippen LogP contribution in [-0.4, -0.2) is 37.0 Å². The van der Waals surface area contributed by atoms with Crippen LogP contribution in [0.3, 0.4) is 0 Å². The van der Waals surface area contributed by atoms with Gasteiger partial charge in [-0.05, 0) is 30.3 Å². The minimum absolute atomic E-state index is 0.00932. The summed E-state index contributed by atoms with van der Waals surface area (Å²) in [6, 6.07) is 16.6. The number of hydrogen-bond acceptors (Lipinski definition) is 7. The lowest BCUT2D eigenvalue weighted by atomic mass is 10.2. The number of carbonyl (C=O) groups excluding carboxylic acids is 1. The first-order chi connectivity index (χ1) is 14.9. The van der Waals surface area contributed by atoms with Gasteiger partial charge in [0, 0.05) is 12.3 Å². The maximum absolute atomic E-state index is 13.1. The monoisotopic (exact) mass is 439 g/mol. The van der Waals surface area contributed by atoms with Gasteiger partial charge in [-0.3, -0.25) is 24.2 Å². The molecule has 0 saturated carbocycles. The van der Waals surface area contributed by atoms with E-state index < -0.39 is 27.4 Å². The summed E-state index contributed by atoms with van der Waals surface area (Å²) in [4.78, 5) is 26.8. The summed E-state index contributed by atoms with van der Waals surface area (Å²) >= 11 is 0. The fraction of sp³-hybridized carbons (Fsp3) is 0.0500. The van der Waals surface area contributed by atoms with Crippen LogP contribution < -0.4 is 9.73 Å². The molecule has 10 nitrogen and oxygen atoms in total. The molecule has 0 radical (unpaired) electrons. The van der Waals surface area contributed by atoms with E-state index in [-0.39, 0.29) is 21.8 Å². The molecule has 0 bridgehead atoms. The van der Waals surface area contributed by atoms with E-state index in [9.17, 15) is 23.3 Å². The lowest BCUT2D eigenvalue weighted by Crippen LogP contribution is -2.39. The average molecular weight is 439 g/mol. The van der Waals surface area contributed by atoms with E-state index in [1.807, 2.05) is 0 Å². The van der Waals surface area contributed by atoms with E-state index in [4.69, 9.17) is 0 Å². The third-order valence-corrected chi connectivity index (χ3v) is 5.87. The van der Waals surface area contributed by atoms with Gasteiger partial charge in [-0.2, -0.15) is 5.10 Å². The Labute approximate surface area is 178 Å². The lowest BCUT2D eigenvalue weighted by Gasteiger charge is -2.23. The van der Waals surface area contributed by atoms with E-state index >= 15 is 0 Å². The molecule has 1 aromatic heterocycles. The molecule has 31 heavy (non-hydrogen) atoms. The van der Waals surface area contributed by atoms with Crippen LogP contribution in [0.2, 0.25) is 0 Å². The highest BCUT2D eigenvalue weighted by molar-refractivity contribution is 7.92. The van der Waals surface area contributed by atoms with Crippen molar-refractivity contribution in [3.8, 4) is 0 Å². The molecule has 0 aliphatic carbocycles. The molecule has 0 aliphatic rings. The number of hydrazone groups is 1. The topological polar surface area (TPSA) is 135 Å². The number of nitrogens with one attached hydrogen (secondary N) is 1. The van der Waals surface area contributed by atoms with Crippen LogP contribution in [-0.2, 0) is 14.8 Å². The summed E-state index contributed by atoms with van der Waals surface area (Å²) in [6.07, 6.45) is 3.93. The summed E-state index contributed by atoms with van der Waals surface area (Å²) in [6.45, 7) is -0.572. The quantitative estimate of drug-likeness (QED) is 0.325. The van der Waals surface area contributed by atoms with Gasteiger partial charge < -0.3 is 0 Å². The van der Waals surface area contributed by atoms with Crippen LogP contribution >= 0.6 is 0 Å². The Morgan fingerprint density at radius 2 is 1.81 bits per heavy atom. The maximum Gasteiger partial charge on any atom is 0.278 e. The SMILES string of the molecule is O=C(CN(c1cccnc1)S(=O)(=O)c1ccccc1)N/N=C\c1ccccc1[N+](=O)[O-]. The third kappa shape index (κ3) is 5.28. The summed E-state index contributed by atoms with van der Waals surface area (Å²) in [7, 11) is -4.05. The second kappa shape index (κ2) is 9.59. The Balaban J connectivity index is 1.81. The normalized spacial score (nSPS) is 11.2. The number of anilines is 1. The van der Waals surface area contributed by atoms with Gasteiger partial charge in [0.05, 0.1) is 33.5 Å². The fourth-order valence-corrected chi connectivity index (χ4v) is 4.07. The minimum atomic E-state index is -4.05. The number of nitro benzene ring substituents is 1. The van der Waals surface area contributed by atoms with Gasteiger partial charge in [-0.1, -0.05) is 30.3 Å². The Hall–Kier alpha value is -4.12. The van der Waals surface area contributed by atoms with Gasteiger partial charge in [-0.25, -0.2) is 13.8 Å². The Morgan fingerprint density at radius 3 is 2.48 bits per heavy atom. The number of rotatable bonds is 8. The van der Waals surface area contributed by atoms with Crippen molar-refractivity contribution in [2.75, 3.05) is 10.8 Å². The largest absolute Gasteiger partial charge is 0.278 e. The highest BCUT2D eigenvalue weighted by Crippen LogP contribution is 2.22. The van der Waals surface area contributed by atoms with Crippen molar-refractivity contribution in [2.45, 2.75) is 4.90 Å². The van der Waals surface area contributed by atoms with E-state index in [1.165, 1.54) is 48.8 Å². The Kier molecular flexibility index (Phi) is 6.67. The summed E-state index contributed by atoms with van der Waals surface area (Å²) in [5, 5.41) is 14.8. The number of amides is 1. The van der Waals surface area contributed by atoms with Gasteiger partial charge in [0.2, 0.25) is 0 Å². The van der Waals surface area contributed by atoms with E-state index in [2.05, 4.69) is 15.5 Å². The number of nitrogens with zero attached hydrogens (tertiary/aromatic N) is 4. The summed E-state index contributed by atoms with van der Waals surface area (Å²) < 4.78 is 27.1. The highest BCUT2D eigenvalue weighted by atomic mass is 32.2. The van der Waals surface area contributed by atoms with Crippen molar-refractivity contribution in [3.63, 3.8) is 0 Å². The van der Waals surface area contributed by atoms with Gasteiger partial charge in [0.15, 0.2) is 0 Å². The Morgan fingerprint density at radius 1 is 1.10 bits per heavy atom. The molecule has 0 atom stereocenters.